The molecule has 11 N–H and O–H groups in total. The van der Waals surface area contributed by atoms with Crippen LogP contribution < -0.4 is 22.5 Å². The maximum Gasteiger partial charge on any atom is 0.410 e. The monoisotopic (exact) mass is 1760 g/mol. The number of benzene rings is 2. The van der Waals surface area contributed by atoms with Crippen LogP contribution in [-0.4, -0.2) is 305 Å². The highest BCUT2D eigenvalue weighted by Crippen LogP contribution is 2.36. The van der Waals surface area contributed by atoms with E-state index in [1.54, 1.807) is 69.1 Å². The highest BCUT2D eigenvalue weighted by atomic mass is 16.6. The molecule has 2 aromatic carbocycles. The van der Waals surface area contributed by atoms with Crippen molar-refractivity contribution in [3.05, 3.63) is 118 Å². The Hall–Kier alpha value is -8.56. The summed E-state index contributed by atoms with van der Waals surface area (Å²) in [5.74, 6) is -4.39. The molecule has 9 rings (SSSR count). The number of ketones is 2. The predicted molar refractivity (Wildman–Crippen MR) is 473 cm³/mol. The maximum atomic E-state index is 13.9. The number of aliphatic hydroxyl groups excluding tert-OH is 2. The first-order valence-corrected chi connectivity index (χ1v) is 44.6. The summed E-state index contributed by atoms with van der Waals surface area (Å²) >= 11 is 0. The SMILES string of the molecule is CO[C@@H](C[C@@H]1CCC[C@](O)(C(=O)C(=O)N2CCCC[C@H]2C)O1)/C(C)=C/C=C/C=C/[C@@H](C)C[C@@H](C)C(=O)[C@H](OC)[C@H](O)/C(C)=C/[C@@H](C)[C@H](O)C[C@H](OC=O)[C@H](N)C[C@@H]1CC[C@@H](OC(=O)N2CCN(CCOCCOCCOCCOCCOCCOCCC(=O)N3CCc4cc(CNc5ncnc(N)c5C(=N)c5ccc6oc(N)nc6c5)ccc4C3)CC2)[C@H](OC)C1. The van der Waals surface area contributed by atoms with Gasteiger partial charge < -0.3 is 114 Å². The first-order chi connectivity index (χ1) is 60.7. The quantitative estimate of drug-likeness (QED) is 0.00518. The number of carbonyl (C=O) groups is 6. The minimum absolute atomic E-state index is 0.0162. The molecule has 4 aromatic rings. The molecule has 34 heteroatoms. The minimum Gasteiger partial charge on any atom is -0.463 e. The number of hydrogen-bond acceptors (Lipinski definition) is 31. The lowest BCUT2D eigenvalue weighted by Crippen LogP contribution is -2.56. The lowest BCUT2D eigenvalue weighted by molar-refractivity contribution is -0.244. The number of carbonyl (C=O) groups excluding carboxylic acids is 6. The van der Waals surface area contributed by atoms with E-state index in [4.69, 9.17) is 83.9 Å². The Morgan fingerprint density at radius 1 is 0.746 bits per heavy atom. The Kier molecular flexibility index (Phi) is 41.9. The molecule has 15 atom stereocenters. The average Bonchev–Trinajstić information content (AvgIpc) is 1.28. The molecule has 1 aliphatic carbocycles. The molecule has 5 aliphatic rings. The zero-order valence-corrected chi connectivity index (χ0v) is 75.1. The number of nitrogens with two attached hydrogens (primary N) is 3. The number of oxazole rings is 1. The second kappa shape index (κ2) is 52.2. The summed E-state index contributed by atoms with van der Waals surface area (Å²) in [4.78, 5) is 98.9. The third-order valence-electron chi connectivity index (χ3n) is 24.5. The number of methoxy groups -OCH3 is 3. The van der Waals surface area contributed by atoms with Crippen LogP contribution in [0.4, 0.5) is 22.4 Å². The van der Waals surface area contributed by atoms with Gasteiger partial charge in [-0.15, -0.1) is 0 Å². The number of nitrogens with one attached hydrogen (secondary N) is 2. The van der Waals surface area contributed by atoms with Crippen LogP contribution in [0.15, 0.2) is 94.7 Å². The van der Waals surface area contributed by atoms with Crippen LogP contribution >= 0.6 is 0 Å². The number of likely N-dealkylation sites (tertiary alicyclic amines) is 1. The fourth-order valence-electron chi connectivity index (χ4n) is 17.0. The van der Waals surface area contributed by atoms with Crippen LogP contribution in [0, 0.1) is 29.1 Å². The predicted octanol–water partition coefficient (Wildman–Crippen LogP) is 8.01. The van der Waals surface area contributed by atoms with Crippen molar-refractivity contribution in [1.82, 2.24) is 34.6 Å². The molecule has 4 fully saturated rings. The zero-order chi connectivity index (χ0) is 90.7. The van der Waals surface area contributed by atoms with Crippen LogP contribution in [-0.2, 0) is 100 Å². The van der Waals surface area contributed by atoms with E-state index in [1.165, 1.54) is 19.0 Å². The van der Waals surface area contributed by atoms with Gasteiger partial charge in [0.15, 0.2) is 11.4 Å². The number of anilines is 3. The van der Waals surface area contributed by atoms with Crippen molar-refractivity contribution in [2.75, 3.05) is 163 Å². The number of ether oxygens (including phenoxy) is 12. The Morgan fingerprint density at radius 3 is 2.12 bits per heavy atom. The number of piperazine rings is 1. The van der Waals surface area contributed by atoms with E-state index in [0.717, 1.165) is 42.4 Å². The van der Waals surface area contributed by atoms with Crippen LogP contribution in [0.25, 0.3) is 11.1 Å². The number of allylic oxidation sites excluding steroid dienone is 5. The number of rotatable bonds is 53. The van der Waals surface area contributed by atoms with Crippen LogP contribution in [0.2, 0.25) is 0 Å². The van der Waals surface area contributed by atoms with Gasteiger partial charge in [-0.1, -0.05) is 75.4 Å². The van der Waals surface area contributed by atoms with Crippen molar-refractivity contribution in [2.24, 2.45) is 29.4 Å². The molecule has 4 aliphatic heterocycles. The van der Waals surface area contributed by atoms with Crippen LogP contribution in [0.5, 0.6) is 0 Å². The second-order valence-corrected chi connectivity index (χ2v) is 33.8. The van der Waals surface area contributed by atoms with Crippen molar-refractivity contribution < 1.29 is 105 Å². The largest absolute Gasteiger partial charge is 0.463 e. The molecule has 698 valence electrons. The number of hydrogen-bond donors (Lipinski definition) is 8. The highest BCUT2D eigenvalue weighted by Gasteiger charge is 2.48. The number of nitrogen functional groups attached to an aromatic ring is 2. The van der Waals surface area contributed by atoms with Crippen molar-refractivity contribution in [3.8, 4) is 0 Å². The first kappa shape index (κ1) is 101. The first-order valence-electron chi connectivity index (χ1n) is 44.6. The average molecular weight is 1760 g/mol. The van der Waals surface area contributed by atoms with Gasteiger partial charge in [-0.25, -0.2) is 14.8 Å². The van der Waals surface area contributed by atoms with E-state index in [2.05, 4.69) is 37.3 Å². The van der Waals surface area contributed by atoms with Crippen LogP contribution in [0.3, 0.4) is 0 Å². The molecule has 6 heterocycles. The molecule has 126 heavy (non-hydrogen) atoms. The van der Waals surface area contributed by atoms with Gasteiger partial charge in [-0.05, 0) is 149 Å². The molecular formula is C92H138N12O22. The van der Waals surface area contributed by atoms with Crippen molar-refractivity contribution in [1.29, 1.82) is 5.41 Å². The molecule has 0 unspecified atom stereocenters. The standard InChI is InChI=1S/C92H138N12O22/c1-60(16-11-10-12-17-61(2)77(114-7)54-71-19-15-28-92(113,126-71)86(110)89(111)104-29-14-13-18-65(104)6)48-63(4)83(108)85(116-9)84(109)64(5)49-62(3)74(106)55-78(123-59-105)72(93)51-66-21-24-76(79(52-66)115-8)125-91(112)102-33-31-101(32-34-102)35-37-118-39-41-120-43-45-122-47-46-121-44-42-119-40-38-117-36-27-80(107)103-30-26-68-50-67(20-22-70(68)57-103)56-97-88-81(87(95)98-58-99-88)82(94)69-23-25-75-73(53-69)100-90(96)124-75/h10-12,16-17,20,22-23,25,49-50,53,58-60,62-63,65-66,71-72,74,76-79,84-85,94,106,109,113H,13-15,18-19,21,24,26-48,51-52,54-57,93H2,1-9H3,(H2,96,100)(H3,95,97,98,99)/b12-10+,16-11+,61-17+,64-49+,94-82?/t60-,62-,63-,65-,66+,71+,72-,74-,76-,77+,78+,79-,84-,85+,92-/m1/s1. The molecule has 1 saturated carbocycles. The van der Waals surface area contributed by atoms with Crippen LogP contribution in [0.1, 0.15) is 159 Å². The number of piperidine rings is 1. The van der Waals surface area contributed by atoms with E-state index in [-0.39, 0.29) is 84.7 Å². The summed E-state index contributed by atoms with van der Waals surface area (Å²) < 4.78 is 74.4. The normalized spacial score (nSPS) is 22.1. The van der Waals surface area contributed by atoms with Gasteiger partial charge in [0.1, 0.15) is 47.9 Å². The summed E-state index contributed by atoms with van der Waals surface area (Å²) in [6.45, 7) is 21.5. The number of aromatic nitrogens is 3. The lowest BCUT2D eigenvalue weighted by atomic mass is 9.80. The van der Waals surface area contributed by atoms with Gasteiger partial charge in [0.05, 0.1) is 121 Å². The second-order valence-electron chi connectivity index (χ2n) is 33.8. The summed E-state index contributed by atoms with van der Waals surface area (Å²) in [5.41, 5.74) is 25.5. The minimum atomic E-state index is -2.17. The molecule has 3 saturated heterocycles. The molecule has 34 nitrogen and oxygen atoms in total. The molecule has 0 bridgehead atoms. The van der Waals surface area contributed by atoms with Crippen molar-refractivity contribution >= 4 is 70.4 Å². The van der Waals surface area contributed by atoms with Crippen molar-refractivity contribution in [2.45, 2.75) is 218 Å². The summed E-state index contributed by atoms with van der Waals surface area (Å²) in [7, 11) is 4.57. The van der Waals surface area contributed by atoms with Gasteiger partial charge in [0, 0.05) is 129 Å². The Bertz CT molecular complexity index is 4230. The van der Waals surface area contributed by atoms with Gasteiger partial charge in [-0.3, -0.25) is 34.3 Å². The summed E-state index contributed by atoms with van der Waals surface area (Å²) in [6, 6.07) is 10.7. The van der Waals surface area contributed by atoms with Gasteiger partial charge >= 0.3 is 6.09 Å². The fraction of sp³-hybridized carbons (Fsp3) is 0.652. The lowest BCUT2D eigenvalue weighted by Gasteiger charge is -2.39. The number of fused-ring (bicyclic) bond motifs is 2. The number of aliphatic hydroxyl groups is 3. The Balaban J connectivity index is 0.551. The molecule has 0 spiro atoms. The maximum absolute atomic E-state index is 13.9. The Morgan fingerprint density at radius 2 is 1.44 bits per heavy atom. The van der Waals surface area contributed by atoms with Crippen molar-refractivity contribution in [3.63, 3.8) is 0 Å². The van der Waals surface area contributed by atoms with Gasteiger partial charge in [0.2, 0.25) is 11.7 Å². The van der Waals surface area contributed by atoms with E-state index in [0.29, 0.717) is 230 Å². The number of Topliss-reactive ketones (excluding diaryl/α,β-unsaturated/α-hetero) is 2. The molecule has 0 radical (unpaired) electrons. The van der Waals surface area contributed by atoms with E-state index in [9.17, 15) is 44.1 Å². The zero-order valence-electron chi connectivity index (χ0n) is 75.1. The van der Waals surface area contributed by atoms with E-state index >= 15 is 0 Å². The third kappa shape index (κ3) is 30.8. The van der Waals surface area contributed by atoms with E-state index < -0.39 is 72.0 Å². The van der Waals surface area contributed by atoms with Gasteiger partial charge in [-0.2, -0.15) is 4.98 Å². The molecule has 3 amide bonds. The topological polar surface area (TPSA) is 453 Å². The summed E-state index contributed by atoms with van der Waals surface area (Å²) in [6.07, 6.45) is 14.2. The van der Waals surface area contributed by atoms with E-state index in [1.807, 2.05) is 62.1 Å². The highest BCUT2D eigenvalue weighted by molar-refractivity contribution is 6.38. The number of amides is 3. The summed E-state index contributed by atoms with van der Waals surface area (Å²) in [5, 5.41) is 46.6. The smallest absolute Gasteiger partial charge is 0.410 e. The molecule has 2 aromatic heterocycles. The Labute approximate surface area is 740 Å². The number of nitrogens with zero attached hydrogens (tertiary/aromatic N) is 7. The fourth-order valence-corrected chi connectivity index (χ4v) is 17.0. The molecular weight excluding hydrogens is 1630 g/mol. The van der Waals surface area contributed by atoms with Gasteiger partial charge in [0.25, 0.3) is 24.2 Å². The third-order valence-corrected chi connectivity index (χ3v) is 24.5.